The van der Waals surface area contributed by atoms with Crippen LogP contribution in [0.15, 0.2) is 17.1 Å². The molecule has 1 saturated heterocycles. The molecule has 94 valence electrons. The third-order valence-electron chi connectivity index (χ3n) is 2.59. The van der Waals surface area contributed by atoms with Crippen molar-refractivity contribution in [2.45, 2.75) is 24.7 Å². The van der Waals surface area contributed by atoms with Crippen LogP contribution in [-0.2, 0) is 4.74 Å². The highest BCUT2D eigenvalue weighted by Gasteiger charge is 2.50. The Hall–Kier alpha value is -1.54. The van der Waals surface area contributed by atoms with Crippen molar-refractivity contribution < 1.29 is 18.6 Å². The maximum atomic E-state index is 13.6. The van der Waals surface area contributed by atoms with Crippen LogP contribution < -0.4 is 11.4 Å². The molecule has 6 nitrogen and oxygen atoms in total. The molecule has 8 heteroatoms. The van der Waals surface area contributed by atoms with Gasteiger partial charge in [0.05, 0.1) is 0 Å². The third kappa shape index (κ3) is 2.01. The highest BCUT2D eigenvalue weighted by Crippen LogP contribution is 2.38. The van der Waals surface area contributed by atoms with Crippen molar-refractivity contribution in [3.8, 4) is 0 Å². The van der Waals surface area contributed by atoms with E-state index in [-0.39, 0.29) is 12.2 Å². The van der Waals surface area contributed by atoms with Crippen LogP contribution in [0.3, 0.4) is 0 Å². The number of aromatic nitrogens is 2. The van der Waals surface area contributed by atoms with E-state index in [2.05, 4.69) is 4.98 Å². The number of ether oxygens (including phenoxy) is 1. The smallest absolute Gasteiger partial charge is 0.351 e. The average Bonchev–Trinajstić information content (AvgIpc) is 2.56. The monoisotopic (exact) mass is 247 g/mol. The fourth-order valence-corrected chi connectivity index (χ4v) is 1.65. The zero-order valence-electron chi connectivity index (χ0n) is 8.72. The quantitative estimate of drug-likeness (QED) is 0.751. The zero-order valence-corrected chi connectivity index (χ0v) is 8.72. The van der Waals surface area contributed by atoms with E-state index in [9.17, 15) is 13.6 Å². The Kier molecular flexibility index (Phi) is 2.84. The summed E-state index contributed by atoms with van der Waals surface area (Å²) in [6.45, 7) is -1.11. The van der Waals surface area contributed by atoms with Crippen molar-refractivity contribution in [1.29, 1.82) is 0 Å². The molecular weight excluding hydrogens is 236 g/mol. The predicted molar refractivity (Wildman–Crippen MR) is 53.5 cm³/mol. The van der Waals surface area contributed by atoms with Crippen molar-refractivity contribution in [2.75, 3.05) is 12.3 Å². The van der Waals surface area contributed by atoms with Crippen LogP contribution in [0.5, 0.6) is 0 Å². The average molecular weight is 247 g/mol. The largest absolute Gasteiger partial charge is 0.390 e. The molecule has 1 aromatic heterocycles. The minimum absolute atomic E-state index is 0.00900. The Balaban J connectivity index is 2.29. The number of hydrogen-bond acceptors (Lipinski definition) is 5. The van der Waals surface area contributed by atoms with E-state index in [0.29, 0.717) is 0 Å². The van der Waals surface area contributed by atoms with Crippen molar-refractivity contribution in [3.05, 3.63) is 22.7 Å². The Morgan fingerprint density at radius 1 is 1.76 bits per heavy atom. The van der Waals surface area contributed by atoms with Gasteiger partial charge in [-0.2, -0.15) is 4.98 Å². The van der Waals surface area contributed by atoms with Crippen LogP contribution in [-0.4, -0.2) is 33.3 Å². The Morgan fingerprint density at radius 2 is 2.47 bits per heavy atom. The number of nitrogens with zero attached hydrogens (tertiary/aromatic N) is 2. The molecule has 0 bridgehead atoms. The van der Waals surface area contributed by atoms with Gasteiger partial charge in [0.25, 0.3) is 5.85 Å². The molecule has 2 heterocycles. The molecule has 3 N–H and O–H groups in total. The number of nitrogen functional groups attached to an aromatic ring is 1. The van der Waals surface area contributed by atoms with E-state index in [1.165, 1.54) is 12.3 Å². The van der Waals surface area contributed by atoms with E-state index in [1.54, 1.807) is 0 Å². The number of aliphatic hydroxyl groups excluding tert-OH is 1. The zero-order chi connectivity index (χ0) is 12.6. The molecule has 0 spiro atoms. The number of nitrogens with two attached hydrogens (primary N) is 1. The molecule has 1 fully saturated rings. The third-order valence-corrected chi connectivity index (χ3v) is 2.59. The molecule has 0 aliphatic carbocycles. The van der Waals surface area contributed by atoms with Crippen LogP contribution in [0, 0.1) is 0 Å². The Labute approximate surface area is 94.6 Å². The normalized spacial score (nSPS) is 32.9. The highest BCUT2D eigenvalue weighted by atomic mass is 19.2. The van der Waals surface area contributed by atoms with E-state index < -0.39 is 30.6 Å². The Bertz CT molecular complexity index is 481. The summed E-state index contributed by atoms with van der Waals surface area (Å²) >= 11 is 0. The first-order chi connectivity index (χ1) is 7.96. The molecule has 0 aromatic carbocycles. The van der Waals surface area contributed by atoms with Gasteiger partial charge in [0.2, 0.25) is 0 Å². The predicted octanol–water partition coefficient (Wildman–Crippen LogP) is -0.259. The first kappa shape index (κ1) is 11.9. The summed E-state index contributed by atoms with van der Waals surface area (Å²) in [6, 6.07) is 1.31. The minimum atomic E-state index is -2.77. The lowest BCUT2D eigenvalue weighted by atomic mass is 10.2. The SMILES string of the molecule is Nc1ccn([C@H]2C[C@H](F)[C@@](F)(CO)O2)c(=O)n1. The van der Waals surface area contributed by atoms with Gasteiger partial charge in [-0.25, -0.2) is 13.6 Å². The topological polar surface area (TPSA) is 90.4 Å². The molecular formula is C9H11F2N3O3. The summed E-state index contributed by atoms with van der Waals surface area (Å²) in [5.41, 5.74) is 4.52. The van der Waals surface area contributed by atoms with Gasteiger partial charge in [0.1, 0.15) is 18.7 Å². The second kappa shape index (κ2) is 4.04. The number of halogens is 2. The van der Waals surface area contributed by atoms with Crippen LogP contribution >= 0.6 is 0 Å². The minimum Gasteiger partial charge on any atom is -0.390 e. The van der Waals surface area contributed by atoms with Gasteiger partial charge >= 0.3 is 5.69 Å². The first-order valence-corrected chi connectivity index (χ1v) is 4.92. The van der Waals surface area contributed by atoms with E-state index >= 15 is 0 Å². The van der Waals surface area contributed by atoms with Crippen molar-refractivity contribution in [1.82, 2.24) is 9.55 Å². The molecule has 3 atom stereocenters. The molecule has 0 radical (unpaired) electrons. The van der Waals surface area contributed by atoms with Crippen LogP contribution in [0.2, 0.25) is 0 Å². The summed E-state index contributed by atoms with van der Waals surface area (Å²) in [5, 5.41) is 8.71. The summed E-state index contributed by atoms with van der Waals surface area (Å²) in [5.74, 6) is -2.76. The van der Waals surface area contributed by atoms with Gasteiger partial charge in [0, 0.05) is 12.6 Å². The summed E-state index contributed by atoms with van der Waals surface area (Å²) in [7, 11) is 0. The summed E-state index contributed by atoms with van der Waals surface area (Å²) in [4.78, 5) is 14.8. The molecule has 0 unspecified atom stereocenters. The van der Waals surface area contributed by atoms with Gasteiger partial charge in [-0.15, -0.1) is 0 Å². The molecule has 1 aliphatic rings. The van der Waals surface area contributed by atoms with E-state index in [4.69, 9.17) is 15.6 Å². The van der Waals surface area contributed by atoms with Gasteiger partial charge in [-0.3, -0.25) is 4.57 Å². The number of anilines is 1. The number of alkyl halides is 2. The molecule has 1 aromatic rings. The standard InChI is InChI=1S/C9H11F2N3O3/c10-5-3-7(17-9(5,11)4-15)14-2-1-6(12)13-8(14)16/h1-2,5,7,15H,3-4H2,(H2,12,13,16)/t5-,7+,9+/m0/s1. The summed E-state index contributed by atoms with van der Waals surface area (Å²) in [6.07, 6.45) is -2.27. The van der Waals surface area contributed by atoms with Crippen molar-refractivity contribution in [2.24, 2.45) is 0 Å². The lowest BCUT2D eigenvalue weighted by Crippen LogP contribution is -2.36. The number of rotatable bonds is 2. The van der Waals surface area contributed by atoms with Crippen molar-refractivity contribution >= 4 is 5.82 Å². The molecule has 0 saturated carbocycles. The number of aliphatic hydroxyl groups is 1. The van der Waals surface area contributed by atoms with Gasteiger partial charge in [-0.05, 0) is 6.07 Å². The molecule has 17 heavy (non-hydrogen) atoms. The molecule has 2 rings (SSSR count). The fraction of sp³-hybridized carbons (Fsp3) is 0.556. The Morgan fingerprint density at radius 3 is 3.00 bits per heavy atom. The lowest BCUT2D eigenvalue weighted by molar-refractivity contribution is -0.196. The van der Waals surface area contributed by atoms with E-state index in [1.807, 2.05) is 0 Å². The second-order valence-electron chi connectivity index (χ2n) is 3.76. The maximum absolute atomic E-state index is 13.6. The maximum Gasteiger partial charge on any atom is 0.351 e. The van der Waals surface area contributed by atoms with Gasteiger partial charge in [-0.1, -0.05) is 0 Å². The van der Waals surface area contributed by atoms with Gasteiger partial charge in [0.15, 0.2) is 6.17 Å². The van der Waals surface area contributed by atoms with Crippen LogP contribution in [0.25, 0.3) is 0 Å². The van der Waals surface area contributed by atoms with Gasteiger partial charge < -0.3 is 15.6 Å². The lowest BCUT2D eigenvalue weighted by Gasteiger charge is -2.19. The molecule has 0 amide bonds. The van der Waals surface area contributed by atoms with Crippen molar-refractivity contribution in [3.63, 3.8) is 0 Å². The number of hydrogen-bond donors (Lipinski definition) is 2. The van der Waals surface area contributed by atoms with Crippen LogP contribution in [0.4, 0.5) is 14.6 Å². The van der Waals surface area contributed by atoms with E-state index in [0.717, 1.165) is 4.57 Å². The first-order valence-electron chi connectivity index (χ1n) is 4.92. The fourth-order valence-electron chi connectivity index (χ4n) is 1.65. The van der Waals surface area contributed by atoms with Crippen LogP contribution in [0.1, 0.15) is 12.6 Å². The summed E-state index contributed by atoms with van der Waals surface area (Å²) < 4.78 is 32.5. The highest BCUT2D eigenvalue weighted by molar-refractivity contribution is 5.23. The second-order valence-corrected chi connectivity index (χ2v) is 3.76. The molecule has 1 aliphatic heterocycles.